The highest BCUT2D eigenvalue weighted by Crippen LogP contribution is 2.30. The van der Waals surface area contributed by atoms with Gasteiger partial charge in [-0.3, -0.25) is 14.4 Å². The van der Waals surface area contributed by atoms with E-state index in [-0.39, 0.29) is 37.2 Å². The molecule has 3 aromatic rings. The van der Waals surface area contributed by atoms with E-state index >= 15 is 0 Å². The number of imide groups is 1. The Hall–Kier alpha value is -4.90. The lowest BCUT2D eigenvalue weighted by molar-refractivity contribution is -0.154. The number of carbonyl (C=O) groups is 4. The maximum atomic E-state index is 13.9. The molecule has 0 spiro atoms. The number of nitrogens with zero attached hydrogens (tertiary/aromatic N) is 2. The molecular weight excluding hydrogens is 556 g/mol. The minimum atomic E-state index is -1.17. The van der Waals surface area contributed by atoms with Gasteiger partial charge in [0.1, 0.15) is 6.61 Å². The van der Waals surface area contributed by atoms with E-state index in [9.17, 15) is 19.2 Å². The van der Waals surface area contributed by atoms with Gasteiger partial charge >= 0.3 is 12.1 Å². The van der Waals surface area contributed by atoms with Crippen molar-refractivity contribution in [2.24, 2.45) is 11.8 Å². The highest BCUT2D eigenvalue weighted by atomic mass is 16.6. The number of carbonyl (C=O) groups excluding carboxylic acids is 4. The third kappa shape index (κ3) is 7.35. The van der Waals surface area contributed by atoms with Crippen LogP contribution in [-0.2, 0) is 43.3 Å². The van der Waals surface area contributed by atoms with Crippen LogP contribution in [0.3, 0.4) is 0 Å². The Morgan fingerprint density at radius 3 is 2.02 bits per heavy atom. The van der Waals surface area contributed by atoms with Gasteiger partial charge in [0, 0.05) is 19.5 Å². The van der Waals surface area contributed by atoms with E-state index in [1.165, 1.54) is 0 Å². The van der Waals surface area contributed by atoms with Crippen LogP contribution in [0.2, 0.25) is 0 Å². The summed E-state index contributed by atoms with van der Waals surface area (Å²) in [5.41, 5.74) is 2.70. The molecule has 8 nitrogen and oxygen atoms in total. The van der Waals surface area contributed by atoms with Gasteiger partial charge in [-0.15, -0.1) is 12.3 Å². The number of hydrogen-bond donors (Lipinski definition) is 0. The Morgan fingerprint density at radius 2 is 1.43 bits per heavy atom. The van der Waals surface area contributed by atoms with E-state index in [1.54, 1.807) is 4.90 Å². The van der Waals surface area contributed by atoms with Gasteiger partial charge in [0.05, 0.1) is 17.9 Å². The zero-order chi connectivity index (χ0) is 30.9. The average molecular weight is 593 g/mol. The molecule has 226 valence electrons. The first-order valence-electron chi connectivity index (χ1n) is 15.0. The predicted molar refractivity (Wildman–Crippen MR) is 164 cm³/mol. The molecule has 3 amide bonds. The van der Waals surface area contributed by atoms with Crippen LogP contribution in [0.15, 0.2) is 91.0 Å². The van der Waals surface area contributed by atoms with Crippen molar-refractivity contribution >= 4 is 23.9 Å². The molecule has 2 fully saturated rings. The van der Waals surface area contributed by atoms with Crippen LogP contribution in [-0.4, -0.2) is 58.9 Å². The van der Waals surface area contributed by atoms with Gasteiger partial charge < -0.3 is 14.4 Å². The zero-order valence-electron chi connectivity index (χ0n) is 24.5. The van der Waals surface area contributed by atoms with Crippen molar-refractivity contribution < 1.29 is 28.7 Å². The number of benzene rings is 3. The van der Waals surface area contributed by atoms with Gasteiger partial charge in [-0.05, 0) is 42.4 Å². The Kier molecular flexibility index (Phi) is 10.1. The molecule has 3 atom stereocenters. The number of esters is 1. The van der Waals surface area contributed by atoms with E-state index < -0.39 is 30.1 Å². The Bertz CT molecular complexity index is 1480. The van der Waals surface area contributed by atoms with E-state index in [1.807, 2.05) is 91.0 Å². The average Bonchev–Trinajstić information content (AvgIpc) is 3.39. The monoisotopic (exact) mass is 592 g/mol. The molecule has 3 aromatic carbocycles. The molecule has 0 aromatic heterocycles. The van der Waals surface area contributed by atoms with Crippen LogP contribution in [0, 0.1) is 24.2 Å². The Labute approximate surface area is 257 Å². The SMILES string of the molecule is C#CC[C@@H](Cc1ccccc1)C(=O)N1C(=O)O[C@@H](C(=O)N2CCC(C(=O)OCc3ccccc3)CC2)[C@@H]1Cc1ccccc1. The summed E-state index contributed by atoms with van der Waals surface area (Å²) >= 11 is 0. The first kappa shape index (κ1) is 30.6. The number of piperidine rings is 1. The summed E-state index contributed by atoms with van der Waals surface area (Å²) in [6.45, 7) is 0.836. The van der Waals surface area contributed by atoms with Gasteiger partial charge in [-0.2, -0.15) is 0 Å². The molecule has 0 unspecified atom stereocenters. The van der Waals surface area contributed by atoms with Gasteiger partial charge in [0.2, 0.25) is 12.0 Å². The third-order valence-corrected chi connectivity index (χ3v) is 8.28. The number of ether oxygens (including phenoxy) is 2. The summed E-state index contributed by atoms with van der Waals surface area (Å²) < 4.78 is 11.2. The molecule has 8 heteroatoms. The Morgan fingerprint density at radius 1 is 0.864 bits per heavy atom. The molecular formula is C36H36N2O6. The third-order valence-electron chi connectivity index (χ3n) is 8.28. The molecule has 0 radical (unpaired) electrons. The van der Waals surface area contributed by atoms with E-state index in [0.717, 1.165) is 21.6 Å². The molecule has 0 saturated carbocycles. The largest absolute Gasteiger partial charge is 0.461 e. The Balaban J connectivity index is 1.28. The van der Waals surface area contributed by atoms with Crippen LogP contribution >= 0.6 is 0 Å². The summed E-state index contributed by atoms with van der Waals surface area (Å²) in [4.78, 5) is 56.5. The highest BCUT2D eigenvalue weighted by molar-refractivity contribution is 5.98. The lowest BCUT2D eigenvalue weighted by Crippen LogP contribution is -2.52. The maximum absolute atomic E-state index is 13.9. The number of rotatable bonds is 10. The lowest BCUT2D eigenvalue weighted by atomic mass is 9.92. The van der Waals surface area contributed by atoms with Gasteiger partial charge in [0.15, 0.2) is 0 Å². The van der Waals surface area contributed by atoms with Crippen molar-refractivity contribution in [2.45, 2.75) is 50.9 Å². The number of cyclic esters (lactones) is 1. The van der Waals surface area contributed by atoms with Crippen molar-refractivity contribution in [3.8, 4) is 12.3 Å². The van der Waals surface area contributed by atoms with Crippen molar-refractivity contribution in [2.75, 3.05) is 13.1 Å². The molecule has 2 saturated heterocycles. The number of terminal acetylenes is 1. The second-order valence-corrected chi connectivity index (χ2v) is 11.3. The molecule has 2 heterocycles. The molecule has 0 N–H and O–H groups in total. The fourth-order valence-electron chi connectivity index (χ4n) is 5.88. The predicted octanol–water partition coefficient (Wildman–Crippen LogP) is 4.81. The second-order valence-electron chi connectivity index (χ2n) is 11.3. The maximum Gasteiger partial charge on any atom is 0.417 e. The van der Waals surface area contributed by atoms with Gasteiger partial charge in [-0.1, -0.05) is 91.0 Å². The minimum Gasteiger partial charge on any atom is -0.461 e. The van der Waals surface area contributed by atoms with Crippen LogP contribution in [0.25, 0.3) is 0 Å². The number of amides is 3. The van der Waals surface area contributed by atoms with Crippen LogP contribution in [0.5, 0.6) is 0 Å². The summed E-state index contributed by atoms with van der Waals surface area (Å²) in [7, 11) is 0. The first-order valence-corrected chi connectivity index (χ1v) is 15.0. The summed E-state index contributed by atoms with van der Waals surface area (Å²) in [6.07, 6.45) is 5.25. The fraction of sp³-hybridized carbons (Fsp3) is 0.333. The van der Waals surface area contributed by atoms with E-state index in [0.29, 0.717) is 32.4 Å². The van der Waals surface area contributed by atoms with Gasteiger partial charge in [-0.25, -0.2) is 9.69 Å². The van der Waals surface area contributed by atoms with Crippen molar-refractivity contribution in [1.29, 1.82) is 0 Å². The molecule has 44 heavy (non-hydrogen) atoms. The summed E-state index contributed by atoms with van der Waals surface area (Å²) in [5, 5.41) is 0. The van der Waals surface area contributed by atoms with Crippen molar-refractivity contribution in [3.63, 3.8) is 0 Å². The number of hydrogen-bond acceptors (Lipinski definition) is 6. The summed E-state index contributed by atoms with van der Waals surface area (Å²) in [6, 6.07) is 27.5. The highest BCUT2D eigenvalue weighted by Gasteiger charge is 2.51. The minimum absolute atomic E-state index is 0.141. The van der Waals surface area contributed by atoms with Crippen LogP contribution in [0.4, 0.5) is 4.79 Å². The van der Waals surface area contributed by atoms with Crippen molar-refractivity contribution in [3.05, 3.63) is 108 Å². The molecule has 2 aliphatic rings. The van der Waals surface area contributed by atoms with Crippen LogP contribution in [0.1, 0.15) is 36.0 Å². The topological polar surface area (TPSA) is 93.2 Å². The quantitative estimate of drug-likeness (QED) is 0.248. The molecule has 0 bridgehead atoms. The molecule has 5 rings (SSSR count). The lowest BCUT2D eigenvalue weighted by Gasteiger charge is -2.33. The zero-order valence-corrected chi connectivity index (χ0v) is 24.5. The smallest absolute Gasteiger partial charge is 0.417 e. The molecule has 2 aliphatic heterocycles. The fourth-order valence-corrected chi connectivity index (χ4v) is 5.88. The van der Waals surface area contributed by atoms with Gasteiger partial charge in [0.25, 0.3) is 5.91 Å². The molecule has 0 aliphatic carbocycles. The van der Waals surface area contributed by atoms with E-state index in [2.05, 4.69) is 5.92 Å². The van der Waals surface area contributed by atoms with Crippen molar-refractivity contribution in [1.82, 2.24) is 9.80 Å². The van der Waals surface area contributed by atoms with E-state index in [4.69, 9.17) is 15.9 Å². The first-order chi connectivity index (χ1) is 21.4. The second kappa shape index (κ2) is 14.5. The standard InChI is InChI=1S/C36H36N2O6/c1-2-12-30(23-26-13-6-3-7-14-26)33(39)38-31(24-27-15-8-4-9-16-27)32(44-36(38)42)34(40)37-21-19-29(20-22-37)35(41)43-25-28-17-10-5-11-18-28/h1,3-11,13-18,29-32H,12,19-25H2/t30-,31-,32+/m0/s1. The van der Waals surface area contributed by atoms with Crippen LogP contribution < -0.4 is 0 Å². The normalized spacial score (nSPS) is 19.1. The summed E-state index contributed by atoms with van der Waals surface area (Å²) in [5.74, 6) is 0.488. The number of likely N-dealkylation sites (tertiary alicyclic amines) is 1.